The van der Waals surface area contributed by atoms with E-state index in [1.807, 2.05) is 0 Å². The zero-order valence-corrected chi connectivity index (χ0v) is 10.3. The van der Waals surface area contributed by atoms with Crippen LogP contribution in [0.2, 0.25) is 0 Å². The fourth-order valence-corrected chi connectivity index (χ4v) is 1.76. The van der Waals surface area contributed by atoms with Crippen molar-refractivity contribution in [1.29, 1.82) is 0 Å². The van der Waals surface area contributed by atoms with E-state index in [2.05, 4.69) is 26.1 Å². The van der Waals surface area contributed by atoms with Crippen molar-refractivity contribution in [2.75, 3.05) is 26.3 Å². The number of nitrogens with one attached hydrogen (secondary N) is 1. The molecule has 1 aliphatic rings. The average molecular weight is 215 g/mol. The fourth-order valence-electron chi connectivity index (χ4n) is 1.76. The summed E-state index contributed by atoms with van der Waals surface area (Å²) in [5.74, 6) is 0.709. The van der Waals surface area contributed by atoms with Crippen molar-refractivity contribution in [3.8, 4) is 0 Å². The second kappa shape index (κ2) is 7.20. The van der Waals surface area contributed by atoms with E-state index in [1.54, 1.807) is 0 Å². The maximum Gasteiger partial charge on any atom is 0.0675 e. The van der Waals surface area contributed by atoms with Crippen LogP contribution in [-0.2, 0) is 9.47 Å². The monoisotopic (exact) mass is 215 g/mol. The number of ether oxygens (including phenoxy) is 2. The first-order valence-electron chi connectivity index (χ1n) is 6.12. The molecule has 1 aliphatic heterocycles. The quantitative estimate of drug-likeness (QED) is 0.733. The zero-order chi connectivity index (χ0) is 11.1. The van der Waals surface area contributed by atoms with Crippen molar-refractivity contribution in [3.05, 3.63) is 0 Å². The minimum atomic E-state index is 0.312. The van der Waals surface area contributed by atoms with E-state index in [0.717, 1.165) is 39.1 Å². The standard InChI is InChI=1S/C12H25NO2/c1-10(2)8-13-9-11(3)15-12-4-6-14-7-5-12/h10-13H,4-9H2,1-3H3. The zero-order valence-electron chi connectivity index (χ0n) is 10.3. The Morgan fingerprint density at radius 1 is 1.20 bits per heavy atom. The summed E-state index contributed by atoms with van der Waals surface area (Å²) < 4.78 is 11.2. The molecular weight excluding hydrogens is 190 g/mol. The van der Waals surface area contributed by atoms with Gasteiger partial charge in [-0.05, 0) is 32.2 Å². The van der Waals surface area contributed by atoms with Gasteiger partial charge in [0.25, 0.3) is 0 Å². The highest BCUT2D eigenvalue weighted by Crippen LogP contribution is 2.12. The summed E-state index contributed by atoms with van der Waals surface area (Å²) in [5.41, 5.74) is 0. The molecule has 3 heteroatoms. The Bertz CT molecular complexity index is 156. The molecule has 1 N–H and O–H groups in total. The molecule has 0 saturated carbocycles. The smallest absolute Gasteiger partial charge is 0.0675 e. The fraction of sp³-hybridized carbons (Fsp3) is 1.00. The van der Waals surface area contributed by atoms with Crippen molar-refractivity contribution in [1.82, 2.24) is 5.32 Å². The first kappa shape index (κ1) is 12.9. The largest absolute Gasteiger partial charge is 0.381 e. The molecular formula is C12H25NO2. The lowest BCUT2D eigenvalue weighted by Gasteiger charge is -2.26. The molecule has 0 radical (unpaired) electrons. The van der Waals surface area contributed by atoms with Crippen LogP contribution in [0.4, 0.5) is 0 Å². The first-order chi connectivity index (χ1) is 7.18. The summed E-state index contributed by atoms with van der Waals surface area (Å²) >= 11 is 0. The van der Waals surface area contributed by atoms with E-state index in [-0.39, 0.29) is 0 Å². The summed E-state index contributed by atoms with van der Waals surface area (Å²) in [4.78, 5) is 0. The molecule has 0 spiro atoms. The van der Waals surface area contributed by atoms with Gasteiger partial charge in [0, 0.05) is 19.8 Å². The first-order valence-corrected chi connectivity index (χ1v) is 6.12. The number of rotatable bonds is 6. The van der Waals surface area contributed by atoms with Crippen LogP contribution in [0.3, 0.4) is 0 Å². The van der Waals surface area contributed by atoms with Gasteiger partial charge in [0.05, 0.1) is 12.2 Å². The number of hydrogen-bond donors (Lipinski definition) is 1. The minimum absolute atomic E-state index is 0.312. The molecule has 1 fully saturated rings. The van der Waals surface area contributed by atoms with E-state index in [9.17, 15) is 0 Å². The molecule has 0 aromatic rings. The van der Waals surface area contributed by atoms with Crippen LogP contribution in [0.1, 0.15) is 33.6 Å². The van der Waals surface area contributed by atoms with Crippen LogP contribution in [-0.4, -0.2) is 38.5 Å². The van der Waals surface area contributed by atoms with Crippen LogP contribution < -0.4 is 5.32 Å². The lowest BCUT2D eigenvalue weighted by Crippen LogP contribution is -2.34. The molecule has 1 heterocycles. The lowest BCUT2D eigenvalue weighted by atomic mass is 10.1. The molecule has 90 valence electrons. The van der Waals surface area contributed by atoms with Crippen LogP contribution in [0, 0.1) is 5.92 Å². The average Bonchev–Trinajstić information content (AvgIpc) is 2.18. The van der Waals surface area contributed by atoms with Crippen LogP contribution >= 0.6 is 0 Å². The Morgan fingerprint density at radius 2 is 1.87 bits per heavy atom. The van der Waals surface area contributed by atoms with Gasteiger partial charge in [-0.25, -0.2) is 0 Å². The maximum atomic E-state index is 5.93. The highest BCUT2D eigenvalue weighted by atomic mass is 16.5. The van der Waals surface area contributed by atoms with Crippen molar-refractivity contribution in [3.63, 3.8) is 0 Å². The van der Waals surface area contributed by atoms with E-state index >= 15 is 0 Å². The highest BCUT2D eigenvalue weighted by Gasteiger charge is 2.16. The van der Waals surface area contributed by atoms with Crippen molar-refractivity contribution in [2.24, 2.45) is 5.92 Å². The van der Waals surface area contributed by atoms with Gasteiger partial charge in [-0.1, -0.05) is 13.8 Å². The van der Waals surface area contributed by atoms with Gasteiger partial charge < -0.3 is 14.8 Å². The second-order valence-corrected chi connectivity index (χ2v) is 4.81. The topological polar surface area (TPSA) is 30.5 Å². The van der Waals surface area contributed by atoms with Gasteiger partial charge in [0.1, 0.15) is 0 Å². The summed E-state index contributed by atoms with van der Waals surface area (Å²) in [6.07, 6.45) is 2.82. The van der Waals surface area contributed by atoms with Crippen LogP contribution in [0.5, 0.6) is 0 Å². The number of hydrogen-bond acceptors (Lipinski definition) is 3. The summed E-state index contributed by atoms with van der Waals surface area (Å²) in [6, 6.07) is 0. The summed E-state index contributed by atoms with van der Waals surface area (Å²) in [7, 11) is 0. The molecule has 0 amide bonds. The maximum absolute atomic E-state index is 5.93. The molecule has 3 nitrogen and oxygen atoms in total. The summed E-state index contributed by atoms with van der Waals surface area (Å²) in [5, 5.41) is 3.42. The molecule has 15 heavy (non-hydrogen) atoms. The van der Waals surface area contributed by atoms with Gasteiger partial charge in [0.15, 0.2) is 0 Å². The third kappa shape index (κ3) is 6.13. The Kier molecular flexibility index (Phi) is 6.22. The SMILES string of the molecule is CC(C)CNCC(C)OC1CCOCC1. The van der Waals surface area contributed by atoms with Gasteiger partial charge >= 0.3 is 0 Å². The summed E-state index contributed by atoms with van der Waals surface area (Å²) in [6.45, 7) is 10.3. The lowest BCUT2D eigenvalue weighted by molar-refractivity contribution is -0.0613. The van der Waals surface area contributed by atoms with Crippen LogP contribution in [0.15, 0.2) is 0 Å². The third-order valence-corrected chi connectivity index (χ3v) is 2.58. The van der Waals surface area contributed by atoms with E-state index < -0.39 is 0 Å². The van der Waals surface area contributed by atoms with Gasteiger partial charge in [0.2, 0.25) is 0 Å². The highest BCUT2D eigenvalue weighted by molar-refractivity contribution is 4.66. The van der Waals surface area contributed by atoms with Crippen molar-refractivity contribution >= 4 is 0 Å². The van der Waals surface area contributed by atoms with Crippen molar-refractivity contribution < 1.29 is 9.47 Å². The van der Waals surface area contributed by atoms with Crippen LogP contribution in [0.25, 0.3) is 0 Å². The van der Waals surface area contributed by atoms with Gasteiger partial charge in [-0.3, -0.25) is 0 Å². The van der Waals surface area contributed by atoms with Crippen molar-refractivity contribution in [2.45, 2.75) is 45.8 Å². The van der Waals surface area contributed by atoms with E-state index in [4.69, 9.17) is 9.47 Å². The predicted molar refractivity (Wildman–Crippen MR) is 62.1 cm³/mol. The molecule has 1 rings (SSSR count). The molecule has 1 atom stereocenters. The Labute approximate surface area is 93.5 Å². The third-order valence-electron chi connectivity index (χ3n) is 2.58. The molecule has 0 aromatic heterocycles. The molecule has 1 unspecified atom stereocenters. The Morgan fingerprint density at radius 3 is 2.47 bits per heavy atom. The second-order valence-electron chi connectivity index (χ2n) is 4.81. The predicted octanol–water partition coefficient (Wildman–Crippen LogP) is 1.82. The molecule has 1 saturated heterocycles. The molecule has 0 aromatic carbocycles. The van der Waals surface area contributed by atoms with Gasteiger partial charge in [-0.2, -0.15) is 0 Å². The van der Waals surface area contributed by atoms with E-state index in [0.29, 0.717) is 18.1 Å². The molecule has 0 bridgehead atoms. The Balaban J connectivity index is 2.03. The minimum Gasteiger partial charge on any atom is -0.381 e. The molecule has 0 aliphatic carbocycles. The van der Waals surface area contributed by atoms with E-state index in [1.165, 1.54) is 0 Å². The van der Waals surface area contributed by atoms with Gasteiger partial charge in [-0.15, -0.1) is 0 Å². The Hall–Kier alpha value is -0.120. The normalized spacial score (nSPS) is 20.8.